The Kier molecular flexibility index (Phi) is 2.50. The van der Waals surface area contributed by atoms with E-state index in [-0.39, 0.29) is 0 Å². The van der Waals surface area contributed by atoms with Crippen LogP contribution in [0.3, 0.4) is 0 Å². The molecule has 0 atom stereocenters. The summed E-state index contributed by atoms with van der Waals surface area (Å²) < 4.78 is 18.3. The SMILES string of the molecule is COc1cc(OC)n2c3c(nc2n1)-c1ccccc1OC3. The van der Waals surface area contributed by atoms with E-state index < -0.39 is 0 Å². The average molecular weight is 283 g/mol. The maximum Gasteiger partial charge on any atom is 0.240 e. The third-order valence-corrected chi connectivity index (χ3v) is 3.56. The molecule has 6 heteroatoms. The highest BCUT2D eigenvalue weighted by Crippen LogP contribution is 2.38. The minimum atomic E-state index is 0.428. The van der Waals surface area contributed by atoms with Crippen molar-refractivity contribution in [3.63, 3.8) is 0 Å². The van der Waals surface area contributed by atoms with Gasteiger partial charge in [-0.2, -0.15) is 4.98 Å². The zero-order valence-corrected chi connectivity index (χ0v) is 11.7. The first-order valence-electron chi connectivity index (χ1n) is 6.54. The van der Waals surface area contributed by atoms with Gasteiger partial charge in [0.25, 0.3) is 0 Å². The van der Waals surface area contributed by atoms with Crippen molar-refractivity contribution in [2.45, 2.75) is 6.61 Å². The van der Waals surface area contributed by atoms with Crippen molar-refractivity contribution in [2.75, 3.05) is 14.2 Å². The second-order valence-electron chi connectivity index (χ2n) is 4.67. The molecule has 0 radical (unpaired) electrons. The zero-order valence-electron chi connectivity index (χ0n) is 11.7. The Labute approximate surface area is 120 Å². The molecule has 0 unspecified atom stereocenters. The van der Waals surface area contributed by atoms with Crippen LogP contribution in [-0.4, -0.2) is 28.6 Å². The van der Waals surface area contributed by atoms with E-state index in [0.717, 1.165) is 22.7 Å². The van der Waals surface area contributed by atoms with Gasteiger partial charge in [0.15, 0.2) is 0 Å². The number of imidazole rings is 1. The molecule has 3 heterocycles. The summed E-state index contributed by atoms with van der Waals surface area (Å²) >= 11 is 0. The lowest BCUT2D eigenvalue weighted by Crippen LogP contribution is -2.08. The van der Waals surface area contributed by atoms with Crippen LogP contribution >= 0.6 is 0 Å². The summed E-state index contributed by atoms with van der Waals surface area (Å²) in [6, 6.07) is 9.57. The summed E-state index contributed by atoms with van der Waals surface area (Å²) in [6.07, 6.45) is 0. The number of methoxy groups -OCH3 is 2. The molecule has 6 nitrogen and oxygen atoms in total. The fraction of sp³-hybridized carbons (Fsp3) is 0.200. The molecule has 1 aromatic carbocycles. The molecule has 0 amide bonds. The first-order valence-corrected chi connectivity index (χ1v) is 6.54. The van der Waals surface area contributed by atoms with Crippen LogP contribution in [0.1, 0.15) is 5.69 Å². The van der Waals surface area contributed by atoms with Gasteiger partial charge in [-0.05, 0) is 12.1 Å². The molecule has 0 bridgehead atoms. The summed E-state index contributed by atoms with van der Waals surface area (Å²) in [4.78, 5) is 9.00. The van der Waals surface area contributed by atoms with Gasteiger partial charge in [0.05, 0.1) is 26.0 Å². The Morgan fingerprint density at radius 3 is 2.81 bits per heavy atom. The molecule has 0 spiro atoms. The van der Waals surface area contributed by atoms with Gasteiger partial charge < -0.3 is 14.2 Å². The number of fused-ring (bicyclic) bond motifs is 5. The maximum atomic E-state index is 5.80. The van der Waals surface area contributed by atoms with Crippen LogP contribution in [0.15, 0.2) is 30.3 Å². The van der Waals surface area contributed by atoms with Gasteiger partial charge >= 0.3 is 0 Å². The molecule has 2 aromatic heterocycles. The second-order valence-corrected chi connectivity index (χ2v) is 4.67. The van der Waals surface area contributed by atoms with Crippen molar-refractivity contribution in [1.29, 1.82) is 0 Å². The lowest BCUT2D eigenvalue weighted by atomic mass is 10.1. The molecular formula is C15H13N3O3. The Morgan fingerprint density at radius 1 is 1.14 bits per heavy atom. The largest absolute Gasteiger partial charge is 0.487 e. The predicted molar refractivity (Wildman–Crippen MR) is 75.9 cm³/mol. The van der Waals surface area contributed by atoms with E-state index >= 15 is 0 Å². The molecule has 1 aliphatic heterocycles. The second kappa shape index (κ2) is 4.37. The molecule has 0 saturated carbocycles. The van der Waals surface area contributed by atoms with Gasteiger partial charge in [0.1, 0.15) is 18.1 Å². The number of benzene rings is 1. The van der Waals surface area contributed by atoms with E-state index in [1.807, 2.05) is 28.7 Å². The zero-order chi connectivity index (χ0) is 14.4. The van der Waals surface area contributed by atoms with Crippen molar-refractivity contribution in [1.82, 2.24) is 14.4 Å². The predicted octanol–water partition coefficient (Wildman–Crippen LogP) is 2.31. The third-order valence-electron chi connectivity index (χ3n) is 3.56. The Hall–Kier alpha value is -2.76. The summed E-state index contributed by atoms with van der Waals surface area (Å²) in [5, 5.41) is 0. The van der Waals surface area contributed by atoms with Crippen molar-refractivity contribution in [3.8, 4) is 28.8 Å². The fourth-order valence-electron chi connectivity index (χ4n) is 2.59. The van der Waals surface area contributed by atoms with Crippen LogP contribution in [-0.2, 0) is 6.61 Å². The Morgan fingerprint density at radius 2 is 2.00 bits per heavy atom. The lowest BCUT2D eigenvalue weighted by Gasteiger charge is -2.17. The van der Waals surface area contributed by atoms with Gasteiger partial charge in [-0.3, -0.25) is 0 Å². The number of nitrogens with zero attached hydrogens (tertiary/aromatic N) is 3. The van der Waals surface area contributed by atoms with Crippen LogP contribution in [0.5, 0.6) is 17.5 Å². The number of aromatic nitrogens is 3. The molecule has 1 aliphatic rings. The van der Waals surface area contributed by atoms with Gasteiger partial charge in [0.2, 0.25) is 17.5 Å². The van der Waals surface area contributed by atoms with Gasteiger partial charge in [0, 0.05) is 5.56 Å². The first-order chi connectivity index (χ1) is 10.3. The molecule has 0 N–H and O–H groups in total. The first kappa shape index (κ1) is 12.0. The van der Waals surface area contributed by atoms with Crippen LogP contribution < -0.4 is 14.2 Å². The number of ether oxygens (including phenoxy) is 3. The number of para-hydroxylation sites is 1. The highest BCUT2D eigenvalue weighted by atomic mass is 16.5. The van der Waals surface area contributed by atoms with Crippen LogP contribution in [0.4, 0.5) is 0 Å². The Balaban J connectivity index is 2.05. The molecule has 21 heavy (non-hydrogen) atoms. The molecule has 4 rings (SSSR count). The number of hydrogen-bond acceptors (Lipinski definition) is 5. The van der Waals surface area contributed by atoms with Crippen molar-refractivity contribution >= 4 is 5.78 Å². The molecule has 0 aliphatic carbocycles. The minimum Gasteiger partial charge on any atom is -0.487 e. The van der Waals surface area contributed by atoms with Crippen LogP contribution in [0.2, 0.25) is 0 Å². The Bertz CT molecular complexity index is 842. The normalized spacial score (nSPS) is 12.5. The van der Waals surface area contributed by atoms with E-state index in [2.05, 4.69) is 9.97 Å². The molecular weight excluding hydrogens is 270 g/mol. The smallest absolute Gasteiger partial charge is 0.240 e. The fourth-order valence-corrected chi connectivity index (χ4v) is 2.59. The van der Waals surface area contributed by atoms with Gasteiger partial charge in [-0.1, -0.05) is 12.1 Å². The van der Waals surface area contributed by atoms with E-state index in [9.17, 15) is 0 Å². The average Bonchev–Trinajstić information content (AvgIpc) is 2.92. The molecule has 106 valence electrons. The van der Waals surface area contributed by atoms with Crippen LogP contribution in [0, 0.1) is 0 Å². The minimum absolute atomic E-state index is 0.428. The molecule has 0 fully saturated rings. The molecule has 0 saturated heterocycles. The lowest BCUT2D eigenvalue weighted by molar-refractivity contribution is 0.291. The summed E-state index contributed by atoms with van der Waals surface area (Å²) in [5.41, 5.74) is 2.76. The monoisotopic (exact) mass is 283 g/mol. The number of rotatable bonds is 2. The highest BCUT2D eigenvalue weighted by Gasteiger charge is 2.25. The third kappa shape index (κ3) is 1.65. The molecule has 3 aromatic rings. The van der Waals surface area contributed by atoms with E-state index in [0.29, 0.717) is 24.1 Å². The standard InChI is InChI=1S/C15H13N3O3/c1-19-12-7-13(20-2)18-10-8-21-11-6-4-3-5-9(11)14(10)17-15(18)16-12/h3-7H,8H2,1-2H3. The van der Waals surface area contributed by atoms with Crippen molar-refractivity contribution in [3.05, 3.63) is 36.0 Å². The van der Waals surface area contributed by atoms with E-state index in [1.54, 1.807) is 20.3 Å². The number of hydrogen-bond donors (Lipinski definition) is 0. The quantitative estimate of drug-likeness (QED) is 0.722. The van der Waals surface area contributed by atoms with E-state index in [4.69, 9.17) is 14.2 Å². The van der Waals surface area contributed by atoms with Crippen molar-refractivity contribution < 1.29 is 14.2 Å². The summed E-state index contributed by atoms with van der Waals surface area (Å²) in [7, 11) is 3.18. The van der Waals surface area contributed by atoms with Gasteiger partial charge in [-0.15, -0.1) is 0 Å². The van der Waals surface area contributed by atoms with Crippen LogP contribution in [0.25, 0.3) is 17.0 Å². The van der Waals surface area contributed by atoms with E-state index in [1.165, 1.54) is 0 Å². The summed E-state index contributed by atoms with van der Waals surface area (Å²) in [5.74, 6) is 2.46. The van der Waals surface area contributed by atoms with Crippen molar-refractivity contribution in [2.24, 2.45) is 0 Å². The topological polar surface area (TPSA) is 57.9 Å². The summed E-state index contributed by atoms with van der Waals surface area (Å²) in [6.45, 7) is 0.428. The highest BCUT2D eigenvalue weighted by molar-refractivity contribution is 5.73. The van der Waals surface area contributed by atoms with Gasteiger partial charge in [-0.25, -0.2) is 9.38 Å². The maximum absolute atomic E-state index is 5.80.